The van der Waals surface area contributed by atoms with Gasteiger partial charge in [-0.15, -0.1) is 0 Å². The molecule has 1 saturated heterocycles. The van der Waals surface area contributed by atoms with E-state index in [4.69, 9.17) is 9.47 Å². The van der Waals surface area contributed by atoms with Gasteiger partial charge < -0.3 is 19.7 Å². The molecule has 1 fully saturated rings. The zero-order valence-corrected chi connectivity index (χ0v) is 19.6. The number of hydrogen-bond acceptors (Lipinski definition) is 6. The zero-order chi connectivity index (χ0) is 24.5. The third kappa shape index (κ3) is 5.00. The van der Waals surface area contributed by atoms with E-state index in [1.54, 1.807) is 19.0 Å². The summed E-state index contributed by atoms with van der Waals surface area (Å²) in [5, 5.41) is 2.59. The van der Waals surface area contributed by atoms with Crippen LogP contribution in [0.15, 0.2) is 47.4 Å². The van der Waals surface area contributed by atoms with Crippen LogP contribution < -0.4 is 14.8 Å². The second-order valence-electron chi connectivity index (χ2n) is 8.32. The Morgan fingerprint density at radius 2 is 2.00 bits per heavy atom. The number of benzene rings is 2. The predicted octanol–water partition coefficient (Wildman–Crippen LogP) is 2.14. The third-order valence-electron chi connectivity index (χ3n) is 6.06. The van der Waals surface area contributed by atoms with Crippen molar-refractivity contribution in [2.75, 3.05) is 25.4 Å². The highest BCUT2D eigenvalue weighted by atomic mass is 32.2. The van der Waals surface area contributed by atoms with Crippen molar-refractivity contribution in [2.45, 2.75) is 42.4 Å². The van der Waals surface area contributed by atoms with Gasteiger partial charge in [-0.3, -0.25) is 14.3 Å². The Kier molecular flexibility index (Phi) is 6.76. The van der Waals surface area contributed by atoms with Gasteiger partial charge in [-0.05, 0) is 49.2 Å². The molecular formula is C23H26FN3O6S. The lowest BCUT2D eigenvalue weighted by Crippen LogP contribution is -2.53. The Bertz CT molecular complexity index is 1200. The number of amides is 2. The molecule has 34 heavy (non-hydrogen) atoms. The number of halogens is 1. The monoisotopic (exact) mass is 491 g/mol. The summed E-state index contributed by atoms with van der Waals surface area (Å²) in [7, 11) is -0.816. The van der Waals surface area contributed by atoms with E-state index in [-0.39, 0.29) is 53.1 Å². The standard InChI is InChI=1S/C23H26FN3O6S/c1-25-22(28)12-16-7-8-19-21(33-16)13-32-20-9-6-15(11-18(20)23(29)27(19)2)26-34(30,31)17-5-3-4-14(24)10-17/h3-6,9-11,16,19,21,26H,7-8,12-13H2,1-2H3,(H,25,28)/t16-,19-,21+/m1/s1. The van der Waals surface area contributed by atoms with E-state index in [1.165, 1.54) is 30.3 Å². The first-order valence-corrected chi connectivity index (χ1v) is 12.3. The van der Waals surface area contributed by atoms with Gasteiger partial charge in [0.1, 0.15) is 24.3 Å². The Hall–Kier alpha value is -3.18. The number of likely N-dealkylation sites (N-methyl/N-ethyl adjacent to an activating group) is 1. The van der Waals surface area contributed by atoms with Crippen molar-refractivity contribution < 1.29 is 31.9 Å². The summed E-state index contributed by atoms with van der Waals surface area (Å²) in [6.07, 6.45) is 0.831. The van der Waals surface area contributed by atoms with Gasteiger partial charge in [0.25, 0.3) is 15.9 Å². The Balaban J connectivity index is 1.55. The van der Waals surface area contributed by atoms with Crippen LogP contribution in [0.3, 0.4) is 0 Å². The van der Waals surface area contributed by atoms with Crippen LogP contribution in [0.4, 0.5) is 10.1 Å². The van der Waals surface area contributed by atoms with Gasteiger partial charge in [0.2, 0.25) is 5.91 Å². The van der Waals surface area contributed by atoms with Crippen LogP contribution in [0, 0.1) is 5.82 Å². The number of carbonyl (C=O) groups is 2. The van der Waals surface area contributed by atoms with E-state index < -0.39 is 21.9 Å². The highest BCUT2D eigenvalue weighted by molar-refractivity contribution is 7.92. The lowest BCUT2D eigenvalue weighted by molar-refractivity contribution is -0.133. The van der Waals surface area contributed by atoms with Gasteiger partial charge in [-0.2, -0.15) is 0 Å². The summed E-state index contributed by atoms with van der Waals surface area (Å²) in [6.45, 7) is 0.175. The molecule has 0 saturated carbocycles. The molecule has 0 aromatic heterocycles. The number of carbonyl (C=O) groups excluding carboxylic acids is 2. The molecule has 0 spiro atoms. The normalized spacial score (nSPS) is 22.5. The fourth-order valence-corrected chi connectivity index (χ4v) is 5.33. The van der Waals surface area contributed by atoms with Gasteiger partial charge in [0.15, 0.2) is 0 Å². The van der Waals surface area contributed by atoms with E-state index in [1.807, 2.05) is 0 Å². The Morgan fingerprint density at radius 1 is 1.21 bits per heavy atom. The smallest absolute Gasteiger partial charge is 0.261 e. The first kappa shape index (κ1) is 24.0. The van der Waals surface area contributed by atoms with Crippen LogP contribution in [0.25, 0.3) is 0 Å². The summed E-state index contributed by atoms with van der Waals surface area (Å²) < 4.78 is 53.2. The van der Waals surface area contributed by atoms with Crippen molar-refractivity contribution in [2.24, 2.45) is 0 Å². The second kappa shape index (κ2) is 9.59. The van der Waals surface area contributed by atoms with Crippen molar-refractivity contribution in [3.8, 4) is 5.75 Å². The lowest BCUT2D eigenvalue weighted by atomic mass is 9.94. The Morgan fingerprint density at radius 3 is 2.74 bits per heavy atom. The van der Waals surface area contributed by atoms with Gasteiger partial charge in [0, 0.05) is 19.8 Å². The van der Waals surface area contributed by atoms with Crippen molar-refractivity contribution in [3.05, 3.63) is 53.8 Å². The van der Waals surface area contributed by atoms with Gasteiger partial charge in [-0.1, -0.05) is 6.07 Å². The molecule has 0 radical (unpaired) electrons. The van der Waals surface area contributed by atoms with E-state index >= 15 is 0 Å². The number of ether oxygens (including phenoxy) is 2. The molecule has 182 valence electrons. The molecule has 2 N–H and O–H groups in total. The first-order chi connectivity index (χ1) is 16.2. The van der Waals surface area contributed by atoms with Crippen LogP contribution in [-0.4, -0.2) is 64.1 Å². The molecule has 3 atom stereocenters. The maximum Gasteiger partial charge on any atom is 0.261 e. The second-order valence-corrected chi connectivity index (χ2v) is 10.0. The number of fused-ring (bicyclic) bond motifs is 2. The van der Waals surface area contributed by atoms with Crippen molar-refractivity contribution in [3.63, 3.8) is 0 Å². The fraction of sp³-hybridized carbons (Fsp3) is 0.391. The summed E-state index contributed by atoms with van der Waals surface area (Å²) in [5.41, 5.74) is 0.351. The summed E-state index contributed by atoms with van der Waals surface area (Å²) in [5.74, 6) is -0.836. The van der Waals surface area contributed by atoms with E-state index in [2.05, 4.69) is 10.0 Å². The molecule has 0 bridgehead atoms. The molecule has 2 aliphatic heterocycles. The topological polar surface area (TPSA) is 114 Å². The van der Waals surface area contributed by atoms with E-state index in [0.29, 0.717) is 18.6 Å². The molecule has 2 amide bonds. The van der Waals surface area contributed by atoms with Crippen molar-refractivity contribution in [1.29, 1.82) is 0 Å². The van der Waals surface area contributed by atoms with Gasteiger partial charge in [-0.25, -0.2) is 12.8 Å². The number of hydrogen-bond donors (Lipinski definition) is 2. The molecular weight excluding hydrogens is 465 g/mol. The van der Waals surface area contributed by atoms with Crippen LogP contribution >= 0.6 is 0 Å². The highest BCUT2D eigenvalue weighted by Gasteiger charge is 2.39. The predicted molar refractivity (Wildman–Crippen MR) is 122 cm³/mol. The van der Waals surface area contributed by atoms with Crippen LogP contribution in [0.5, 0.6) is 5.75 Å². The minimum absolute atomic E-state index is 0.113. The zero-order valence-electron chi connectivity index (χ0n) is 18.8. The highest BCUT2D eigenvalue weighted by Crippen LogP contribution is 2.33. The molecule has 9 nitrogen and oxygen atoms in total. The van der Waals surface area contributed by atoms with Gasteiger partial charge >= 0.3 is 0 Å². The molecule has 0 aliphatic carbocycles. The Labute approximate surface area is 197 Å². The number of nitrogens with one attached hydrogen (secondary N) is 2. The molecule has 4 rings (SSSR count). The number of rotatable bonds is 5. The maximum atomic E-state index is 13.5. The lowest BCUT2D eigenvalue weighted by Gasteiger charge is -2.42. The number of nitrogens with zero attached hydrogens (tertiary/aromatic N) is 1. The van der Waals surface area contributed by atoms with Crippen molar-refractivity contribution in [1.82, 2.24) is 10.2 Å². The molecule has 2 heterocycles. The molecule has 11 heteroatoms. The molecule has 2 aromatic rings. The average Bonchev–Trinajstić information content (AvgIpc) is 2.81. The number of sulfonamides is 1. The maximum absolute atomic E-state index is 13.5. The molecule has 2 aliphatic rings. The van der Waals surface area contributed by atoms with Gasteiger partial charge in [0.05, 0.1) is 29.0 Å². The largest absolute Gasteiger partial charge is 0.490 e. The molecule has 2 aromatic carbocycles. The average molecular weight is 492 g/mol. The third-order valence-corrected chi connectivity index (χ3v) is 7.44. The van der Waals surface area contributed by atoms with E-state index in [0.717, 1.165) is 12.1 Å². The summed E-state index contributed by atoms with van der Waals surface area (Å²) >= 11 is 0. The quantitative estimate of drug-likeness (QED) is 0.663. The van der Waals surface area contributed by atoms with Crippen LogP contribution in [0.1, 0.15) is 29.6 Å². The van der Waals surface area contributed by atoms with Crippen LogP contribution in [-0.2, 0) is 19.6 Å². The minimum Gasteiger partial charge on any atom is -0.490 e. The van der Waals surface area contributed by atoms with Crippen molar-refractivity contribution >= 4 is 27.5 Å². The van der Waals surface area contributed by atoms with E-state index in [9.17, 15) is 22.4 Å². The first-order valence-electron chi connectivity index (χ1n) is 10.9. The molecule has 0 unspecified atom stereocenters. The summed E-state index contributed by atoms with van der Waals surface area (Å²) in [4.78, 5) is 26.4. The van der Waals surface area contributed by atoms with Crippen LogP contribution in [0.2, 0.25) is 0 Å². The number of anilines is 1. The summed E-state index contributed by atoms with van der Waals surface area (Å²) in [6, 6.07) is 8.78. The SMILES string of the molecule is CNC(=O)C[C@H]1CC[C@@H]2[C@H](COc3ccc(NS(=O)(=O)c4cccc(F)c4)cc3C(=O)N2C)O1. The minimum atomic E-state index is -4.06. The fourth-order valence-electron chi connectivity index (χ4n) is 4.25.